The van der Waals surface area contributed by atoms with Crippen molar-refractivity contribution < 1.29 is 0 Å². The number of nitrogens with zero attached hydrogens (tertiary/aromatic N) is 2. The van der Waals surface area contributed by atoms with Crippen LogP contribution in [0.1, 0.15) is 31.9 Å². The smallest absolute Gasteiger partial charge is 0.0964 e. The van der Waals surface area contributed by atoms with Crippen LogP contribution in [0, 0.1) is 12.8 Å². The molecular formula is C10H17N3. The summed E-state index contributed by atoms with van der Waals surface area (Å²) in [6.45, 7) is 4.07. The van der Waals surface area contributed by atoms with Crippen molar-refractivity contribution in [3.8, 4) is 0 Å². The topological polar surface area (TPSA) is 43.8 Å². The monoisotopic (exact) mass is 179 g/mol. The molecule has 0 spiro atoms. The van der Waals surface area contributed by atoms with Gasteiger partial charge in [-0.2, -0.15) is 0 Å². The zero-order chi connectivity index (χ0) is 9.47. The third kappa shape index (κ3) is 1.91. The molecule has 0 radical (unpaired) electrons. The molecule has 0 saturated heterocycles. The molecule has 1 fully saturated rings. The highest BCUT2D eigenvalue weighted by Crippen LogP contribution is 2.37. The van der Waals surface area contributed by atoms with Crippen molar-refractivity contribution in [2.75, 3.05) is 0 Å². The van der Waals surface area contributed by atoms with Gasteiger partial charge in [0.1, 0.15) is 0 Å². The average Bonchev–Trinajstić information content (AvgIpc) is 2.70. The van der Waals surface area contributed by atoms with E-state index in [-0.39, 0.29) is 5.66 Å². The van der Waals surface area contributed by atoms with Crippen LogP contribution in [0.5, 0.6) is 0 Å². The molecule has 0 unspecified atom stereocenters. The van der Waals surface area contributed by atoms with Gasteiger partial charge < -0.3 is 10.3 Å². The van der Waals surface area contributed by atoms with Gasteiger partial charge >= 0.3 is 0 Å². The van der Waals surface area contributed by atoms with Gasteiger partial charge in [0, 0.05) is 6.20 Å². The molecular weight excluding hydrogens is 162 g/mol. The van der Waals surface area contributed by atoms with Crippen molar-refractivity contribution in [3.05, 3.63) is 18.2 Å². The Labute approximate surface area is 79.0 Å². The predicted octanol–water partition coefficient (Wildman–Crippen LogP) is 1.62. The van der Waals surface area contributed by atoms with Crippen molar-refractivity contribution in [3.63, 3.8) is 0 Å². The highest BCUT2D eigenvalue weighted by atomic mass is 15.2. The van der Waals surface area contributed by atoms with E-state index in [0.717, 1.165) is 18.0 Å². The molecule has 3 nitrogen and oxygen atoms in total. The van der Waals surface area contributed by atoms with E-state index in [1.807, 2.05) is 24.0 Å². The van der Waals surface area contributed by atoms with Crippen LogP contribution in [0.25, 0.3) is 0 Å². The van der Waals surface area contributed by atoms with Gasteiger partial charge in [-0.15, -0.1) is 0 Å². The van der Waals surface area contributed by atoms with Crippen LogP contribution in [0.2, 0.25) is 0 Å². The molecule has 2 rings (SSSR count). The second kappa shape index (κ2) is 2.84. The van der Waals surface area contributed by atoms with Gasteiger partial charge in [0.2, 0.25) is 0 Å². The minimum Gasteiger partial charge on any atom is -0.319 e. The average molecular weight is 179 g/mol. The number of hydrogen-bond donors (Lipinski definition) is 1. The Bertz CT molecular complexity index is 297. The van der Waals surface area contributed by atoms with Crippen molar-refractivity contribution in [2.45, 2.75) is 38.8 Å². The Morgan fingerprint density at radius 3 is 2.85 bits per heavy atom. The Morgan fingerprint density at radius 2 is 2.38 bits per heavy atom. The highest BCUT2D eigenvalue weighted by Gasteiger charge is 2.31. The lowest BCUT2D eigenvalue weighted by molar-refractivity contribution is 0.288. The minimum absolute atomic E-state index is 0.248. The van der Waals surface area contributed by atoms with Crippen LogP contribution in [-0.4, -0.2) is 9.55 Å². The van der Waals surface area contributed by atoms with Crippen LogP contribution in [0.3, 0.4) is 0 Å². The van der Waals surface area contributed by atoms with Crippen molar-refractivity contribution in [2.24, 2.45) is 11.7 Å². The normalized spacial score (nSPS) is 21.5. The molecule has 0 bridgehead atoms. The molecule has 1 aliphatic rings. The summed E-state index contributed by atoms with van der Waals surface area (Å²) in [5.74, 6) is 0.845. The quantitative estimate of drug-likeness (QED) is 0.766. The molecule has 1 aromatic rings. The fraction of sp³-hybridized carbons (Fsp3) is 0.700. The first-order valence-electron chi connectivity index (χ1n) is 4.88. The molecule has 1 saturated carbocycles. The summed E-state index contributed by atoms with van der Waals surface area (Å²) in [5.41, 5.74) is 7.00. The largest absolute Gasteiger partial charge is 0.319 e. The van der Waals surface area contributed by atoms with Gasteiger partial charge in [-0.1, -0.05) is 12.8 Å². The van der Waals surface area contributed by atoms with Crippen molar-refractivity contribution >= 4 is 0 Å². The van der Waals surface area contributed by atoms with Crippen molar-refractivity contribution in [1.82, 2.24) is 9.55 Å². The summed E-state index contributed by atoms with van der Waals surface area (Å²) in [5, 5.41) is 0. The van der Waals surface area contributed by atoms with Crippen LogP contribution in [0.4, 0.5) is 0 Å². The molecule has 1 aliphatic carbocycles. The number of imidazole rings is 1. The van der Waals surface area contributed by atoms with Gasteiger partial charge in [-0.3, -0.25) is 0 Å². The lowest BCUT2D eigenvalue weighted by Crippen LogP contribution is -2.39. The third-order valence-electron chi connectivity index (χ3n) is 2.70. The molecule has 1 aromatic heterocycles. The molecule has 0 amide bonds. The lowest BCUT2D eigenvalue weighted by atomic mass is 10.1. The van der Waals surface area contributed by atoms with E-state index in [4.69, 9.17) is 5.73 Å². The van der Waals surface area contributed by atoms with Crippen LogP contribution in [-0.2, 0) is 5.66 Å². The fourth-order valence-electron chi connectivity index (χ4n) is 1.71. The van der Waals surface area contributed by atoms with E-state index >= 15 is 0 Å². The number of rotatable bonds is 3. The Morgan fingerprint density at radius 1 is 1.69 bits per heavy atom. The zero-order valence-electron chi connectivity index (χ0n) is 8.33. The highest BCUT2D eigenvalue weighted by molar-refractivity contribution is 4.97. The first-order valence-corrected chi connectivity index (χ1v) is 4.88. The Balaban J connectivity index is 2.12. The molecule has 1 atom stereocenters. The second-order valence-corrected chi connectivity index (χ2v) is 4.43. The van der Waals surface area contributed by atoms with Crippen LogP contribution in [0.15, 0.2) is 12.5 Å². The summed E-state index contributed by atoms with van der Waals surface area (Å²) in [4.78, 5) is 4.19. The van der Waals surface area contributed by atoms with E-state index < -0.39 is 0 Å². The molecule has 3 heteroatoms. The molecule has 0 aliphatic heterocycles. The van der Waals surface area contributed by atoms with Gasteiger partial charge in [0.05, 0.1) is 17.7 Å². The minimum atomic E-state index is -0.248. The van der Waals surface area contributed by atoms with Crippen LogP contribution >= 0.6 is 0 Å². The van der Waals surface area contributed by atoms with Gasteiger partial charge in [-0.05, 0) is 26.2 Å². The summed E-state index contributed by atoms with van der Waals surface area (Å²) in [6.07, 6.45) is 7.61. The van der Waals surface area contributed by atoms with E-state index in [2.05, 4.69) is 11.9 Å². The summed E-state index contributed by atoms with van der Waals surface area (Å²) in [6, 6.07) is 0. The lowest BCUT2D eigenvalue weighted by Gasteiger charge is -2.26. The second-order valence-electron chi connectivity index (χ2n) is 4.43. The number of aryl methyl sites for hydroxylation is 1. The van der Waals surface area contributed by atoms with E-state index in [0.29, 0.717) is 0 Å². The maximum absolute atomic E-state index is 6.22. The third-order valence-corrected chi connectivity index (χ3v) is 2.70. The van der Waals surface area contributed by atoms with Crippen LogP contribution < -0.4 is 5.73 Å². The summed E-state index contributed by atoms with van der Waals surface area (Å²) in [7, 11) is 0. The molecule has 0 aromatic carbocycles. The van der Waals surface area contributed by atoms with Crippen molar-refractivity contribution in [1.29, 1.82) is 0 Å². The Hall–Kier alpha value is -0.830. The zero-order valence-corrected chi connectivity index (χ0v) is 8.33. The molecule has 13 heavy (non-hydrogen) atoms. The molecule has 72 valence electrons. The predicted molar refractivity (Wildman–Crippen MR) is 52.1 cm³/mol. The van der Waals surface area contributed by atoms with Gasteiger partial charge in [0.25, 0.3) is 0 Å². The maximum atomic E-state index is 6.22. The number of nitrogens with two attached hydrogens (primary N) is 1. The molecule has 1 heterocycles. The number of hydrogen-bond acceptors (Lipinski definition) is 2. The van der Waals surface area contributed by atoms with E-state index in [1.54, 1.807) is 0 Å². The summed E-state index contributed by atoms with van der Waals surface area (Å²) < 4.78 is 2.03. The SMILES string of the molecule is Cc1cn([C@@](C)(N)CC2CC2)cn1. The van der Waals surface area contributed by atoms with Gasteiger partial charge in [-0.25, -0.2) is 4.98 Å². The number of aromatic nitrogens is 2. The first kappa shape index (κ1) is 8.75. The molecule has 2 N–H and O–H groups in total. The van der Waals surface area contributed by atoms with Gasteiger partial charge in [0.15, 0.2) is 0 Å². The summed E-state index contributed by atoms with van der Waals surface area (Å²) >= 11 is 0. The fourth-order valence-corrected chi connectivity index (χ4v) is 1.71. The Kier molecular flexibility index (Phi) is 1.91. The standard InChI is InChI=1S/C10H17N3/c1-8-6-13(7-12-8)10(2,11)5-9-3-4-9/h6-7,9H,3-5,11H2,1-2H3/t10-/m1/s1. The first-order chi connectivity index (χ1) is 6.08. The maximum Gasteiger partial charge on any atom is 0.0964 e. The van der Waals surface area contributed by atoms with E-state index in [1.165, 1.54) is 12.8 Å². The van der Waals surface area contributed by atoms with E-state index in [9.17, 15) is 0 Å².